The van der Waals surface area contributed by atoms with E-state index in [0.717, 1.165) is 17.8 Å². The van der Waals surface area contributed by atoms with Crippen LogP contribution in [-0.4, -0.2) is 37.5 Å². The summed E-state index contributed by atoms with van der Waals surface area (Å²) in [6.07, 6.45) is 6.35. The second-order valence-electron chi connectivity index (χ2n) is 6.40. The van der Waals surface area contributed by atoms with Gasteiger partial charge in [0.15, 0.2) is 0 Å². The third-order valence-electron chi connectivity index (χ3n) is 4.92. The maximum Gasteiger partial charge on any atom is 0.149 e. The molecule has 4 nitrogen and oxygen atoms in total. The summed E-state index contributed by atoms with van der Waals surface area (Å²) in [6.45, 7) is 3.74. The number of carbonyl (C=O) groups excluding carboxylic acids is 1. The average molecular weight is 325 g/mol. The minimum atomic E-state index is -0.294. The first-order valence-corrected chi connectivity index (χ1v) is 8.24. The molecule has 0 aliphatic carbocycles. The number of ketones is 1. The number of piperidine rings is 1. The summed E-state index contributed by atoms with van der Waals surface area (Å²) in [4.78, 5) is 14.4. The van der Waals surface area contributed by atoms with Crippen LogP contribution in [-0.2, 0) is 4.79 Å². The van der Waals surface area contributed by atoms with Gasteiger partial charge in [-0.15, -0.1) is 0 Å². The molecule has 1 fully saturated rings. The van der Waals surface area contributed by atoms with Crippen LogP contribution >= 0.6 is 0 Å². The van der Waals surface area contributed by atoms with Crippen LogP contribution in [0.3, 0.4) is 0 Å². The number of nitrogens with zero attached hydrogens (tertiary/aromatic N) is 1. The van der Waals surface area contributed by atoms with Gasteiger partial charge in [0.1, 0.15) is 11.6 Å². The molecule has 3 aliphatic rings. The molecule has 0 aromatic heterocycles. The van der Waals surface area contributed by atoms with Gasteiger partial charge in [0.2, 0.25) is 0 Å². The van der Waals surface area contributed by atoms with E-state index in [1.807, 2.05) is 12.3 Å². The Morgan fingerprint density at radius 1 is 1.29 bits per heavy atom. The molecule has 4 rings (SSSR count). The normalized spacial score (nSPS) is 25.6. The molecule has 0 spiro atoms. The quantitative estimate of drug-likeness (QED) is 0.872. The van der Waals surface area contributed by atoms with Crippen LogP contribution in [0, 0.1) is 5.82 Å². The lowest BCUT2D eigenvalue weighted by Crippen LogP contribution is -2.60. The van der Waals surface area contributed by atoms with E-state index in [2.05, 4.69) is 27.7 Å². The minimum absolute atomic E-state index is 0.101. The van der Waals surface area contributed by atoms with Gasteiger partial charge in [0.05, 0.1) is 12.1 Å². The van der Waals surface area contributed by atoms with Gasteiger partial charge in [0, 0.05) is 31.5 Å². The highest BCUT2D eigenvalue weighted by molar-refractivity contribution is 5.85. The van der Waals surface area contributed by atoms with E-state index in [-0.39, 0.29) is 23.7 Å². The Balaban J connectivity index is 1.84. The zero-order valence-electron chi connectivity index (χ0n) is 13.6. The Labute approximate surface area is 140 Å². The molecule has 3 aliphatic heterocycles. The molecular formula is C19H20FN3O. The lowest BCUT2D eigenvalue weighted by molar-refractivity contribution is -0.119. The van der Waals surface area contributed by atoms with Gasteiger partial charge in [0.25, 0.3) is 0 Å². The SMILES string of the molecule is CC(=O)C1NCC=C2C3=CNCC=C3CN(c3cccc(F)c3)C21. The predicted molar refractivity (Wildman–Crippen MR) is 92.3 cm³/mol. The summed E-state index contributed by atoms with van der Waals surface area (Å²) in [5, 5.41) is 6.56. The number of carbonyl (C=O) groups is 1. The maximum atomic E-state index is 13.8. The van der Waals surface area contributed by atoms with Crippen molar-refractivity contribution in [3.05, 3.63) is 65.2 Å². The van der Waals surface area contributed by atoms with Crippen molar-refractivity contribution < 1.29 is 9.18 Å². The number of hydrogen-bond donors (Lipinski definition) is 2. The molecule has 3 heterocycles. The number of halogens is 1. The number of benzene rings is 1. The highest BCUT2D eigenvalue weighted by Crippen LogP contribution is 2.38. The van der Waals surface area contributed by atoms with Gasteiger partial charge >= 0.3 is 0 Å². The molecule has 2 N–H and O–H groups in total. The number of nitrogens with one attached hydrogen (secondary N) is 2. The van der Waals surface area contributed by atoms with E-state index in [4.69, 9.17) is 0 Å². The van der Waals surface area contributed by atoms with E-state index >= 15 is 0 Å². The molecule has 0 bridgehead atoms. The summed E-state index contributed by atoms with van der Waals surface area (Å²) >= 11 is 0. The Kier molecular flexibility index (Phi) is 3.73. The molecule has 1 saturated heterocycles. The first-order chi connectivity index (χ1) is 11.6. The van der Waals surface area contributed by atoms with E-state index in [0.29, 0.717) is 13.1 Å². The molecule has 2 unspecified atom stereocenters. The van der Waals surface area contributed by atoms with Crippen molar-refractivity contribution in [2.24, 2.45) is 0 Å². The monoisotopic (exact) mass is 325 g/mol. The molecule has 1 aromatic carbocycles. The zero-order chi connectivity index (χ0) is 16.7. The second-order valence-corrected chi connectivity index (χ2v) is 6.40. The fraction of sp³-hybridized carbons (Fsp3) is 0.316. The van der Waals surface area contributed by atoms with Gasteiger partial charge in [-0.3, -0.25) is 4.79 Å². The summed E-state index contributed by atoms with van der Waals surface area (Å²) in [5.74, 6) is -0.161. The van der Waals surface area contributed by atoms with E-state index < -0.39 is 0 Å². The Morgan fingerprint density at radius 2 is 2.17 bits per heavy atom. The lowest BCUT2D eigenvalue weighted by atomic mass is 9.79. The van der Waals surface area contributed by atoms with Crippen molar-refractivity contribution in [1.29, 1.82) is 0 Å². The number of rotatable bonds is 2. The molecular weight excluding hydrogens is 305 g/mol. The number of anilines is 1. The first-order valence-electron chi connectivity index (χ1n) is 8.24. The van der Waals surface area contributed by atoms with Gasteiger partial charge in [-0.25, -0.2) is 4.39 Å². The van der Waals surface area contributed by atoms with Crippen LogP contribution in [0.1, 0.15) is 6.92 Å². The van der Waals surface area contributed by atoms with Crippen molar-refractivity contribution in [3.8, 4) is 0 Å². The highest BCUT2D eigenvalue weighted by Gasteiger charge is 2.41. The fourth-order valence-corrected chi connectivity index (χ4v) is 3.84. The molecule has 124 valence electrons. The maximum absolute atomic E-state index is 13.8. The molecule has 5 heteroatoms. The molecule has 0 amide bonds. The topological polar surface area (TPSA) is 44.4 Å². The highest BCUT2D eigenvalue weighted by atomic mass is 19.1. The van der Waals surface area contributed by atoms with Crippen molar-refractivity contribution in [2.75, 3.05) is 24.5 Å². The number of hydrogen-bond acceptors (Lipinski definition) is 4. The van der Waals surface area contributed by atoms with Crippen LogP contribution in [0.25, 0.3) is 0 Å². The van der Waals surface area contributed by atoms with E-state index in [1.54, 1.807) is 19.1 Å². The van der Waals surface area contributed by atoms with Gasteiger partial charge in [-0.05, 0) is 41.8 Å². The minimum Gasteiger partial charge on any atom is -0.387 e. The third kappa shape index (κ3) is 2.45. The van der Waals surface area contributed by atoms with Crippen LogP contribution < -0.4 is 15.5 Å². The molecule has 24 heavy (non-hydrogen) atoms. The van der Waals surface area contributed by atoms with Crippen LogP contribution in [0.5, 0.6) is 0 Å². The zero-order valence-corrected chi connectivity index (χ0v) is 13.6. The largest absolute Gasteiger partial charge is 0.387 e. The second kappa shape index (κ2) is 5.91. The van der Waals surface area contributed by atoms with Crippen molar-refractivity contribution in [1.82, 2.24) is 10.6 Å². The summed E-state index contributed by atoms with van der Waals surface area (Å²) in [7, 11) is 0. The van der Waals surface area contributed by atoms with Crippen LogP contribution in [0.4, 0.5) is 10.1 Å². The molecule has 0 saturated carbocycles. The van der Waals surface area contributed by atoms with Crippen molar-refractivity contribution in [3.63, 3.8) is 0 Å². The lowest BCUT2D eigenvalue weighted by Gasteiger charge is -2.47. The van der Waals surface area contributed by atoms with Crippen molar-refractivity contribution >= 4 is 11.5 Å². The predicted octanol–water partition coefficient (Wildman–Crippen LogP) is 1.91. The van der Waals surface area contributed by atoms with Gasteiger partial charge in [-0.2, -0.15) is 0 Å². The van der Waals surface area contributed by atoms with E-state index in [1.165, 1.54) is 17.2 Å². The van der Waals surface area contributed by atoms with Crippen LogP contribution in [0.15, 0.2) is 59.3 Å². The smallest absolute Gasteiger partial charge is 0.149 e. The Hall–Kier alpha value is -2.40. The molecule has 0 radical (unpaired) electrons. The standard InChI is InChI=1S/C19H20FN3O/c1-12(24)18-19-16(6-8-22-18)17-10-21-7-5-13(17)11-23(19)15-4-2-3-14(20)9-15/h2-6,9-10,18-19,21-22H,7-8,11H2,1H3. The van der Waals surface area contributed by atoms with Gasteiger partial charge in [-0.1, -0.05) is 18.2 Å². The van der Waals surface area contributed by atoms with E-state index in [9.17, 15) is 9.18 Å². The molecule has 1 aromatic rings. The number of dihydropyridines is 1. The third-order valence-corrected chi connectivity index (χ3v) is 4.92. The Morgan fingerprint density at radius 3 is 2.96 bits per heavy atom. The van der Waals surface area contributed by atoms with Crippen LogP contribution in [0.2, 0.25) is 0 Å². The first kappa shape index (κ1) is 15.1. The summed E-state index contributed by atoms with van der Waals surface area (Å²) in [6, 6.07) is 6.19. The summed E-state index contributed by atoms with van der Waals surface area (Å²) in [5.41, 5.74) is 4.35. The molecule has 2 atom stereocenters. The van der Waals surface area contributed by atoms with Gasteiger partial charge < -0.3 is 15.5 Å². The number of Topliss-reactive ketones (excluding diaryl/α,β-unsaturated/α-hetero) is 1. The Bertz CT molecular complexity index is 781. The average Bonchev–Trinajstić information content (AvgIpc) is 2.60. The number of fused-ring (bicyclic) bond motifs is 3. The van der Waals surface area contributed by atoms with Crippen molar-refractivity contribution in [2.45, 2.75) is 19.0 Å². The fourth-order valence-electron chi connectivity index (χ4n) is 3.84. The summed E-state index contributed by atoms with van der Waals surface area (Å²) < 4.78 is 13.8.